The van der Waals surface area contributed by atoms with Crippen molar-refractivity contribution < 1.29 is 17.7 Å². The zero-order valence-electron chi connectivity index (χ0n) is 16.2. The highest BCUT2D eigenvalue weighted by molar-refractivity contribution is 7.89. The lowest BCUT2D eigenvalue weighted by atomic mass is 10.2. The van der Waals surface area contributed by atoms with E-state index in [0.717, 1.165) is 5.56 Å². The Hall–Kier alpha value is -2.71. The quantitative estimate of drug-likeness (QED) is 0.588. The van der Waals surface area contributed by atoms with Gasteiger partial charge in [0.05, 0.1) is 17.9 Å². The first-order chi connectivity index (χ1) is 14.1. The largest absolute Gasteiger partial charge is 0.488 e. The molecule has 1 unspecified atom stereocenters. The second-order valence-corrected chi connectivity index (χ2v) is 9.08. The first-order valence-corrected chi connectivity index (χ1v) is 11.3. The Balaban J connectivity index is 1.52. The van der Waals surface area contributed by atoms with E-state index in [4.69, 9.17) is 9.26 Å². The molecule has 1 aromatic heterocycles. The summed E-state index contributed by atoms with van der Waals surface area (Å²) in [7, 11) is -3.21. The summed E-state index contributed by atoms with van der Waals surface area (Å²) in [6.07, 6.45) is 1.05. The average Bonchev–Trinajstić information content (AvgIpc) is 3.39. The van der Waals surface area contributed by atoms with Crippen molar-refractivity contribution in [2.45, 2.75) is 25.9 Å². The van der Waals surface area contributed by atoms with Crippen molar-refractivity contribution in [3.8, 4) is 28.6 Å². The van der Waals surface area contributed by atoms with E-state index in [1.165, 1.54) is 4.31 Å². The number of ether oxygens (including phenoxy) is 1. The van der Waals surface area contributed by atoms with Gasteiger partial charge in [0, 0.05) is 12.1 Å². The van der Waals surface area contributed by atoms with Crippen LogP contribution in [0.5, 0.6) is 5.75 Å². The molecule has 2 aromatic carbocycles. The molecule has 4 rings (SSSR count). The molecule has 1 atom stereocenters. The monoisotopic (exact) mass is 413 g/mol. The molecule has 2 heterocycles. The molecule has 1 aliphatic heterocycles. The SMILES string of the molecule is CCCS(=O)(=O)N1CCC(Oc2ccccc2-c2nc(-c3ccccc3)no2)C1. The highest BCUT2D eigenvalue weighted by Crippen LogP contribution is 2.32. The van der Waals surface area contributed by atoms with Gasteiger partial charge in [-0.05, 0) is 25.0 Å². The van der Waals surface area contributed by atoms with Crippen LogP contribution < -0.4 is 4.74 Å². The van der Waals surface area contributed by atoms with Crippen LogP contribution in [0.15, 0.2) is 59.1 Å². The Bertz CT molecular complexity index is 1070. The number of rotatable bonds is 7. The molecule has 0 amide bonds. The fraction of sp³-hybridized carbons (Fsp3) is 0.333. The molecule has 0 N–H and O–H groups in total. The molecule has 7 nitrogen and oxygen atoms in total. The molecular weight excluding hydrogens is 390 g/mol. The topological polar surface area (TPSA) is 85.5 Å². The molecule has 1 aliphatic rings. The molecule has 8 heteroatoms. The maximum atomic E-state index is 12.3. The molecule has 0 radical (unpaired) electrons. The maximum Gasteiger partial charge on any atom is 0.262 e. The van der Waals surface area contributed by atoms with Crippen molar-refractivity contribution in [1.29, 1.82) is 0 Å². The summed E-state index contributed by atoms with van der Waals surface area (Å²) in [4.78, 5) is 4.50. The Labute approximate surface area is 170 Å². The molecule has 152 valence electrons. The fourth-order valence-corrected chi connectivity index (χ4v) is 4.95. The highest BCUT2D eigenvalue weighted by Gasteiger charge is 2.32. The van der Waals surface area contributed by atoms with E-state index >= 15 is 0 Å². The Morgan fingerprint density at radius 3 is 2.69 bits per heavy atom. The van der Waals surface area contributed by atoms with Gasteiger partial charge in [-0.15, -0.1) is 0 Å². The number of aromatic nitrogens is 2. The van der Waals surface area contributed by atoms with Crippen LogP contribution in [0.1, 0.15) is 19.8 Å². The first-order valence-electron chi connectivity index (χ1n) is 9.70. The summed E-state index contributed by atoms with van der Waals surface area (Å²) < 4.78 is 37.7. The summed E-state index contributed by atoms with van der Waals surface area (Å²) in [6.45, 7) is 2.70. The van der Waals surface area contributed by atoms with Crippen LogP contribution in [0, 0.1) is 0 Å². The van der Waals surface area contributed by atoms with Crippen LogP contribution >= 0.6 is 0 Å². The Morgan fingerprint density at radius 1 is 1.14 bits per heavy atom. The molecule has 0 aliphatic carbocycles. The number of hydrogen-bond donors (Lipinski definition) is 0. The van der Waals surface area contributed by atoms with Gasteiger partial charge < -0.3 is 9.26 Å². The van der Waals surface area contributed by atoms with Crippen molar-refractivity contribution >= 4 is 10.0 Å². The zero-order chi connectivity index (χ0) is 20.3. The van der Waals surface area contributed by atoms with E-state index in [1.807, 2.05) is 61.5 Å². The van der Waals surface area contributed by atoms with Crippen molar-refractivity contribution in [1.82, 2.24) is 14.4 Å². The van der Waals surface area contributed by atoms with Crippen LogP contribution in [0.25, 0.3) is 22.8 Å². The van der Waals surface area contributed by atoms with Gasteiger partial charge in [0.25, 0.3) is 5.89 Å². The Kier molecular flexibility index (Phi) is 5.64. The van der Waals surface area contributed by atoms with Crippen molar-refractivity contribution in [3.63, 3.8) is 0 Å². The van der Waals surface area contributed by atoms with E-state index < -0.39 is 10.0 Å². The molecule has 0 saturated carbocycles. The second kappa shape index (κ2) is 8.34. The predicted octanol–water partition coefficient (Wildman–Crippen LogP) is 3.60. The van der Waals surface area contributed by atoms with Crippen LogP contribution in [0.4, 0.5) is 0 Å². The van der Waals surface area contributed by atoms with Gasteiger partial charge in [0.15, 0.2) is 0 Å². The highest BCUT2D eigenvalue weighted by atomic mass is 32.2. The third-order valence-corrected chi connectivity index (χ3v) is 6.87. The van der Waals surface area contributed by atoms with Crippen molar-refractivity contribution in [2.75, 3.05) is 18.8 Å². The predicted molar refractivity (Wildman–Crippen MR) is 110 cm³/mol. The molecule has 29 heavy (non-hydrogen) atoms. The smallest absolute Gasteiger partial charge is 0.262 e. The average molecular weight is 413 g/mol. The summed E-state index contributed by atoms with van der Waals surface area (Å²) >= 11 is 0. The number of sulfonamides is 1. The third kappa shape index (κ3) is 4.33. The van der Waals surface area contributed by atoms with Gasteiger partial charge in [-0.1, -0.05) is 54.5 Å². The first kappa shape index (κ1) is 19.6. The number of hydrogen-bond acceptors (Lipinski definition) is 6. The van der Waals surface area contributed by atoms with Gasteiger partial charge in [-0.3, -0.25) is 0 Å². The second-order valence-electron chi connectivity index (χ2n) is 6.99. The Morgan fingerprint density at radius 2 is 1.90 bits per heavy atom. The standard InChI is InChI=1S/C21H23N3O4S/c1-2-14-29(25,26)24-13-12-17(15-24)27-19-11-7-6-10-18(19)21-22-20(23-28-21)16-8-4-3-5-9-16/h3-11,17H,2,12-15H2,1H3. The van der Waals surface area contributed by atoms with E-state index in [-0.39, 0.29) is 11.9 Å². The van der Waals surface area contributed by atoms with E-state index in [0.29, 0.717) is 49.0 Å². The van der Waals surface area contributed by atoms with Crippen molar-refractivity contribution in [2.24, 2.45) is 0 Å². The molecular formula is C21H23N3O4S. The van der Waals surface area contributed by atoms with Crippen molar-refractivity contribution in [3.05, 3.63) is 54.6 Å². The lowest BCUT2D eigenvalue weighted by Gasteiger charge is -2.17. The molecule has 1 saturated heterocycles. The minimum atomic E-state index is -3.21. The van der Waals surface area contributed by atoms with Gasteiger partial charge in [0.1, 0.15) is 11.9 Å². The van der Waals surface area contributed by atoms with E-state index in [9.17, 15) is 8.42 Å². The van der Waals surface area contributed by atoms with Crippen LogP contribution in [-0.4, -0.2) is 47.8 Å². The van der Waals surface area contributed by atoms with Gasteiger partial charge in [0.2, 0.25) is 15.8 Å². The lowest BCUT2D eigenvalue weighted by Crippen LogP contribution is -2.32. The van der Waals surface area contributed by atoms with Gasteiger partial charge >= 0.3 is 0 Å². The minimum absolute atomic E-state index is 0.167. The molecule has 3 aromatic rings. The number of benzene rings is 2. The normalized spacial score (nSPS) is 17.5. The van der Waals surface area contributed by atoms with E-state index in [2.05, 4.69) is 10.1 Å². The summed E-state index contributed by atoms with van der Waals surface area (Å²) in [5.74, 6) is 1.65. The maximum absolute atomic E-state index is 12.3. The van der Waals surface area contributed by atoms with Gasteiger partial charge in [-0.25, -0.2) is 8.42 Å². The van der Waals surface area contributed by atoms with E-state index in [1.54, 1.807) is 0 Å². The summed E-state index contributed by atoms with van der Waals surface area (Å²) in [5.41, 5.74) is 1.56. The van der Waals surface area contributed by atoms with Crippen LogP contribution in [0.3, 0.4) is 0 Å². The van der Waals surface area contributed by atoms with Gasteiger partial charge in [-0.2, -0.15) is 9.29 Å². The number of para-hydroxylation sites is 1. The lowest BCUT2D eigenvalue weighted by molar-refractivity contribution is 0.216. The molecule has 1 fully saturated rings. The third-order valence-electron chi connectivity index (χ3n) is 4.83. The number of nitrogens with zero attached hydrogens (tertiary/aromatic N) is 3. The summed E-state index contributed by atoms with van der Waals surface area (Å²) in [6, 6.07) is 17.0. The van der Waals surface area contributed by atoms with Crippen LogP contribution in [-0.2, 0) is 10.0 Å². The summed E-state index contributed by atoms with van der Waals surface area (Å²) in [5, 5.41) is 4.07. The minimum Gasteiger partial charge on any atom is -0.488 e. The van der Waals surface area contributed by atoms with Crippen LogP contribution in [0.2, 0.25) is 0 Å². The molecule has 0 bridgehead atoms. The zero-order valence-corrected chi connectivity index (χ0v) is 17.0. The molecule has 0 spiro atoms. The fourth-order valence-electron chi connectivity index (χ4n) is 3.40.